The quantitative estimate of drug-likeness (QED) is 0.887. The lowest BCUT2D eigenvalue weighted by Gasteiger charge is -2.12. The minimum Gasteiger partial charge on any atom is -0.350 e. The van der Waals surface area contributed by atoms with Crippen LogP contribution < -0.4 is 5.32 Å². The first-order chi connectivity index (χ1) is 9.08. The molecule has 2 rings (SSSR count). The molecular weight excluding hydrogens is 308 g/mol. The van der Waals surface area contributed by atoms with Gasteiger partial charge in [0, 0.05) is 41.6 Å². The van der Waals surface area contributed by atoms with E-state index in [1.165, 1.54) is 0 Å². The molecule has 0 fully saturated rings. The summed E-state index contributed by atoms with van der Waals surface area (Å²) in [7, 11) is 0. The number of hydrogen-bond acceptors (Lipinski definition) is 2. The number of carbonyl (C=O) groups is 1. The monoisotopic (exact) mass is 324 g/mol. The molecule has 2 aromatic rings. The molecule has 2 N–H and O–H groups in total. The molecule has 19 heavy (non-hydrogen) atoms. The third kappa shape index (κ3) is 3.47. The van der Waals surface area contributed by atoms with Crippen LogP contribution in [0, 0.1) is 0 Å². The average Bonchev–Trinajstić information content (AvgIpc) is 2.98. The standard InChI is InChI=1S/C13H17BrN4O/c1-9(2)18-7-10(14)5-12(18)13(19)16-4-3-11-6-15-8-17-11/h5-9H,3-4H2,1-2H3,(H,15,17)(H,16,19). The largest absolute Gasteiger partial charge is 0.350 e. The Labute approximate surface area is 120 Å². The highest BCUT2D eigenvalue weighted by Crippen LogP contribution is 2.19. The Balaban J connectivity index is 1.96. The summed E-state index contributed by atoms with van der Waals surface area (Å²) >= 11 is 3.41. The molecule has 0 spiro atoms. The minimum atomic E-state index is -0.0566. The molecule has 0 saturated carbocycles. The molecule has 5 nitrogen and oxygen atoms in total. The van der Waals surface area contributed by atoms with Gasteiger partial charge in [0.2, 0.25) is 0 Å². The van der Waals surface area contributed by atoms with E-state index in [1.54, 1.807) is 12.5 Å². The van der Waals surface area contributed by atoms with E-state index in [2.05, 4.69) is 31.2 Å². The van der Waals surface area contributed by atoms with Crippen molar-refractivity contribution in [1.82, 2.24) is 19.9 Å². The van der Waals surface area contributed by atoms with Crippen LogP contribution in [0.15, 0.2) is 29.3 Å². The first kappa shape index (κ1) is 13.9. The van der Waals surface area contributed by atoms with Gasteiger partial charge in [-0.15, -0.1) is 0 Å². The van der Waals surface area contributed by atoms with Gasteiger partial charge in [-0.1, -0.05) is 0 Å². The van der Waals surface area contributed by atoms with Gasteiger partial charge in [-0.25, -0.2) is 4.98 Å². The van der Waals surface area contributed by atoms with Crippen molar-refractivity contribution in [3.63, 3.8) is 0 Å². The number of H-pyrrole nitrogens is 1. The summed E-state index contributed by atoms with van der Waals surface area (Å²) < 4.78 is 2.87. The van der Waals surface area contributed by atoms with Crippen LogP contribution in [0.4, 0.5) is 0 Å². The van der Waals surface area contributed by atoms with Gasteiger partial charge < -0.3 is 14.9 Å². The zero-order valence-electron chi connectivity index (χ0n) is 11.0. The van der Waals surface area contributed by atoms with Crippen LogP contribution in [0.1, 0.15) is 36.1 Å². The summed E-state index contributed by atoms with van der Waals surface area (Å²) in [6.45, 7) is 4.68. The van der Waals surface area contributed by atoms with Crippen LogP contribution >= 0.6 is 15.9 Å². The minimum absolute atomic E-state index is 0.0566. The number of aromatic amines is 1. The van der Waals surface area contributed by atoms with E-state index in [-0.39, 0.29) is 11.9 Å². The van der Waals surface area contributed by atoms with Crippen LogP contribution in [0.5, 0.6) is 0 Å². The van der Waals surface area contributed by atoms with Gasteiger partial charge in [-0.2, -0.15) is 0 Å². The molecule has 0 unspecified atom stereocenters. The van der Waals surface area contributed by atoms with Crippen molar-refractivity contribution < 1.29 is 4.79 Å². The van der Waals surface area contributed by atoms with Crippen molar-refractivity contribution in [2.45, 2.75) is 26.3 Å². The maximum absolute atomic E-state index is 12.1. The van der Waals surface area contributed by atoms with Crippen molar-refractivity contribution >= 4 is 21.8 Å². The highest BCUT2D eigenvalue weighted by Gasteiger charge is 2.14. The smallest absolute Gasteiger partial charge is 0.267 e. The van der Waals surface area contributed by atoms with E-state index in [0.29, 0.717) is 12.2 Å². The number of nitrogens with zero attached hydrogens (tertiary/aromatic N) is 2. The summed E-state index contributed by atoms with van der Waals surface area (Å²) in [5.41, 5.74) is 1.69. The second-order valence-corrected chi connectivity index (χ2v) is 5.54. The third-order valence-corrected chi connectivity index (χ3v) is 3.27. The SMILES string of the molecule is CC(C)n1cc(Br)cc1C(=O)NCCc1cnc[nH]1. The Morgan fingerprint density at radius 2 is 2.37 bits per heavy atom. The maximum atomic E-state index is 12.1. The molecule has 0 aliphatic heterocycles. The van der Waals surface area contributed by atoms with Crippen LogP contribution in [-0.4, -0.2) is 27.0 Å². The summed E-state index contributed by atoms with van der Waals surface area (Å²) in [4.78, 5) is 19.1. The Morgan fingerprint density at radius 1 is 1.58 bits per heavy atom. The van der Waals surface area contributed by atoms with E-state index in [9.17, 15) is 4.79 Å². The molecule has 0 aliphatic rings. The molecule has 2 heterocycles. The molecule has 0 saturated heterocycles. The molecule has 0 aromatic carbocycles. The fourth-order valence-corrected chi connectivity index (χ4v) is 2.31. The molecule has 1 amide bonds. The highest BCUT2D eigenvalue weighted by molar-refractivity contribution is 9.10. The van der Waals surface area contributed by atoms with Crippen molar-refractivity contribution in [3.8, 4) is 0 Å². The summed E-state index contributed by atoms with van der Waals surface area (Å²) in [6.07, 6.45) is 6.07. The molecule has 0 aliphatic carbocycles. The fourth-order valence-electron chi connectivity index (χ4n) is 1.88. The van der Waals surface area contributed by atoms with Crippen LogP contribution in [0.2, 0.25) is 0 Å². The Morgan fingerprint density at radius 3 is 3.00 bits per heavy atom. The normalized spacial score (nSPS) is 10.9. The lowest BCUT2D eigenvalue weighted by molar-refractivity contribution is 0.0943. The Hall–Kier alpha value is -1.56. The first-order valence-electron chi connectivity index (χ1n) is 6.20. The van der Waals surface area contributed by atoms with Crippen molar-refractivity contribution in [2.75, 3.05) is 6.54 Å². The maximum Gasteiger partial charge on any atom is 0.267 e. The van der Waals surface area contributed by atoms with Gasteiger partial charge in [0.15, 0.2) is 0 Å². The van der Waals surface area contributed by atoms with E-state index >= 15 is 0 Å². The highest BCUT2D eigenvalue weighted by atomic mass is 79.9. The first-order valence-corrected chi connectivity index (χ1v) is 7.00. The van der Waals surface area contributed by atoms with Crippen LogP contribution in [-0.2, 0) is 6.42 Å². The fraction of sp³-hybridized carbons (Fsp3) is 0.385. The number of imidazole rings is 1. The Kier molecular flexibility index (Phi) is 4.42. The predicted molar refractivity (Wildman–Crippen MR) is 77.1 cm³/mol. The number of nitrogens with one attached hydrogen (secondary N) is 2. The number of carbonyl (C=O) groups excluding carboxylic acids is 1. The van der Waals surface area contributed by atoms with Gasteiger partial charge in [-0.05, 0) is 35.8 Å². The Bertz CT molecular complexity index is 545. The number of hydrogen-bond donors (Lipinski definition) is 2. The van der Waals surface area contributed by atoms with E-state index in [1.807, 2.05) is 30.7 Å². The molecule has 0 atom stereocenters. The molecule has 0 radical (unpaired) electrons. The second-order valence-electron chi connectivity index (χ2n) is 4.63. The van der Waals surface area contributed by atoms with Gasteiger partial charge in [0.1, 0.15) is 5.69 Å². The lowest BCUT2D eigenvalue weighted by atomic mass is 10.3. The molecule has 6 heteroatoms. The molecule has 102 valence electrons. The molecule has 2 aromatic heterocycles. The summed E-state index contributed by atoms with van der Waals surface area (Å²) in [6, 6.07) is 2.09. The predicted octanol–water partition coefficient (Wildman–Crippen LogP) is 2.53. The number of aromatic nitrogens is 3. The molecular formula is C13H17BrN4O. The second kappa shape index (κ2) is 6.06. The summed E-state index contributed by atoms with van der Waals surface area (Å²) in [5.74, 6) is -0.0566. The van der Waals surface area contributed by atoms with Gasteiger partial charge in [0.05, 0.1) is 6.33 Å². The number of amides is 1. The topological polar surface area (TPSA) is 62.7 Å². The number of rotatable bonds is 5. The zero-order chi connectivity index (χ0) is 13.8. The van der Waals surface area contributed by atoms with E-state index in [4.69, 9.17) is 0 Å². The van der Waals surface area contributed by atoms with Gasteiger partial charge >= 0.3 is 0 Å². The van der Waals surface area contributed by atoms with Crippen molar-refractivity contribution in [1.29, 1.82) is 0 Å². The lowest BCUT2D eigenvalue weighted by Crippen LogP contribution is -2.28. The van der Waals surface area contributed by atoms with Crippen LogP contribution in [0.25, 0.3) is 0 Å². The third-order valence-electron chi connectivity index (χ3n) is 2.84. The molecule has 0 bridgehead atoms. The zero-order valence-corrected chi connectivity index (χ0v) is 12.6. The van der Waals surface area contributed by atoms with Gasteiger partial charge in [-0.3, -0.25) is 4.79 Å². The van der Waals surface area contributed by atoms with E-state index in [0.717, 1.165) is 16.6 Å². The van der Waals surface area contributed by atoms with Crippen molar-refractivity contribution in [3.05, 3.63) is 40.6 Å². The average molecular weight is 325 g/mol. The van der Waals surface area contributed by atoms with Gasteiger partial charge in [0.25, 0.3) is 5.91 Å². The van der Waals surface area contributed by atoms with E-state index < -0.39 is 0 Å². The van der Waals surface area contributed by atoms with Crippen molar-refractivity contribution in [2.24, 2.45) is 0 Å². The van der Waals surface area contributed by atoms with Crippen LogP contribution in [0.3, 0.4) is 0 Å². The number of halogens is 1. The summed E-state index contributed by atoms with van der Waals surface area (Å²) in [5, 5.41) is 2.92.